The Morgan fingerprint density at radius 3 is 0.844 bits per heavy atom. The Hall–Kier alpha value is -3.52. The third-order valence-electron chi connectivity index (χ3n) is 5.99. The van der Waals surface area contributed by atoms with E-state index in [2.05, 4.69) is 120 Å². The van der Waals surface area contributed by atoms with Gasteiger partial charge in [-0.25, -0.2) is 0 Å². The zero-order valence-electron chi connectivity index (χ0n) is 19.5. The van der Waals surface area contributed by atoms with Gasteiger partial charge in [-0.1, -0.05) is 86.6 Å². The molecule has 0 aliphatic rings. The van der Waals surface area contributed by atoms with Gasteiger partial charge in [-0.15, -0.1) is 0 Å². The van der Waals surface area contributed by atoms with Crippen molar-refractivity contribution in [2.45, 2.75) is 40.8 Å². The van der Waals surface area contributed by atoms with Crippen LogP contribution in [0.3, 0.4) is 0 Å². The minimum atomic E-state index is 1.02. The quantitative estimate of drug-likeness (QED) is 0.265. The summed E-state index contributed by atoms with van der Waals surface area (Å²) in [6, 6.07) is 34.4. The standard InChI is InChI=1S/2C14H13N.C2H6/c2*1-2-15-13-9-5-3-7-11(13)12-8-4-6-10-14(12)15;1-2/h2*3-10H,2H2,1H3;1-2H3. The van der Waals surface area contributed by atoms with Crippen molar-refractivity contribution in [1.82, 2.24) is 9.13 Å². The fraction of sp³-hybridized carbons (Fsp3) is 0.200. The second-order valence-corrected chi connectivity index (χ2v) is 7.56. The van der Waals surface area contributed by atoms with Crippen molar-refractivity contribution in [2.75, 3.05) is 0 Å². The molecule has 6 rings (SSSR count). The van der Waals surface area contributed by atoms with Gasteiger partial charge in [-0.05, 0) is 38.1 Å². The lowest BCUT2D eigenvalue weighted by atomic mass is 10.2. The van der Waals surface area contributed by atoms with Crippen LogP contribution in [0.5, 0.6) is 0 Å². The highest BCUT2D eigenvalue weighted by Gasteiger charge is 2.08. The van der Waals surface area contributed by atoms with Crippen LogP contribution in [-0.4, -0.2) is 9.13 Å². The topological polar surface area (TPSA) is 9.86 Å². The molecule has 2 heteroatoms. The molecule has 2 heterocycles. The summed E-state index contributed by atoms with van der Waals surface area (Å²) in [5.41, 5.74) is 5.34. The number of aromatic nitrogens is 2. The molecule has 0 aliphatic carbocycles. The monoisotopic (exact) mass is 420 g/mol. The predicted octanol–water partition coefficient (Wildman–Crippen LogP) is 8.66. The second kappa shape index (κ2) is 9.74. The van der Waals surface area contributed by atoms with Gasteiger partial charge in [0, 0.05) is 56.7 Å². The molecule has 0 N–H and O–H groups in total. The molecule has 0 saturated carbocycles. The van der Waals surface area contributed by atoms with Crippen LogP contribution in [0.4, 0.5) is 0 Å². The SMILES string of the molecule is CC.CCn1c2ccccc2c2ccccc21.CCn1c2ccccc2c2ccccc21. The second-order valence-electron chi connectivity index (χ2n) is 7.56. The van der Waals surface area contributed by atoms with E-state index in [1.807, 2.05) is 13.8 Å². The first-order valence-corrected chi connectivity index (χ1v) is 11.8. The van der Waals surface area contributed by atoms with E-state index in [-0.39, 0.29) is 0 Å². The molecule has 6 aromatic rings. The molecule has 32 heavy (non-hydrogen) atoms. The van der Waals surface area contributed by atoms with Crippen LogP contribution in [0.1, 0.15) is 27.7 Å². The van der Waals surface area contributed by atoms with Crippen molar-refractivity contribution < 1.29 is 0 Å². The first kappa shape index (κ1) is 21.7. The van der Waals surface area contributed by atoms with Gasteiger partial charge < -0.3 is 9.13 Å². The first-order valence-electron chi connectivity index (χ1n) is 11.8. The first-order chi connectivity index (χ1) is 15.8. The average molecular weight is 421 g/mol. The lowest BCUT2D eigenvalue weighted by Crippen LogP contribution is -1.91. The van der Waals surface area contributed by atoms with Crippen molar-refractivity contribution in [1.29, 1.82) is 0 Å². The van der Waals surface area contributed by atoms with Crippen LogP contribution in [0.15, 0.2) is 97.1 Å². The van der Waals surface area contributed by atoms with Crippen LogP contribution in [0.25, 0.3) is 43.6 Å². The largest absolute Gasteiger partial charge is 0.341 e. The van der Waals surface area contributed by atoms with Crippen molar-refractivity contribution in [3.63, 3.8) is 0 Å². The Balaban J connectivity index is 0.000000142. The third-order valence-corrected chi connectivity index (χ3v) is 5.99. The molecule has 0 radical (unpaired) electrons. The summed E-state index contributed by atoms with van der Waals surface area (Å²) in [6.45, 7) is 10.4. The van der Waals surface area contributed by atoms with Gasteiger partial charge in [-0.2, -0.15) is 0 Å². The number of para-hydroxylation sites is 4. The van der Waals surface area contributed by atoms with Gasteiger partial charge in [-0.3, -0.25) is 0 Å². The Morgan fingerprint density at radius 1 is 0.406 bits per heavy atom. The van der Waals surface area contributed by atoms with Crippen molar-refractivity contribution >= 4 is 43.6 Å². The molecule has 0 saturated heterocycles. The molecule has 0 bridgehead atoms. The minimum Gasteiger partial charge on any atom is -0.341 e. The van der Waals surface area contributed by atoms with Crippen molar-refractivity contribution in [2.24, 2.45) is 0 Å². The summed E-state index contributed by atoms with van der Waals surface area (Å²) in [5.74, 6) is 0. The van der Waals surface area contributed by atoms with E-state index in [0.717, 1.165) is 13.1 Å². The summed E-state index contributed by atoms with van der Waals surface area (Å²) >= 11 is 0. The van der Waals surface area contributed by atoms with Gasteiger partial charge in [0.15, 0.2) is 0 Å². The van der Waals surface area contributed by atoms with E-state index in [4.69, 9.17) is 0 Å². The van der Waals surface area contributed by atoms with E-state index in [9.17, 15) is 0 Å². The molecule has 2 aromatic heterocycles. The lowest BCUT2D eigenvalue weighted by Gasteiger charge is -2.01. The molecule has 0 fully saturated rings. The zero-order valence-corrected chi connectivity index (χ0v) is 19.5. The Kier molecular flexibility index (Phi) is 6.61. The highest BCUT2D eigenvalue weighted by atomic mass is 15.0. The molecule has 0 aliphatic heterocycles. The molecule has 2 nitrogen and oxygen atoms in total. The fourth-order valence-corrected chi connectivity index (χ4v) is 4.69. The normalized spacial score (nSPS) is 10.8. The highest BCUT2D eigenvalue weighted by molar-refractivity contribution is 6.08. The maximum atomic E-state index is 2.37. The number of benzene rings is 4. The fourth-order valence-electron chi connectivity index (χ4n) is 4.69. The van der Waals surface area contributed by atoms with Crippen LogP contribution >= 0.6 is 0 Å². The Bertz CT molecular complexity index is 1250. The van der Waals surface area contributed by atoms with Gasteiger partial charge >= 0.3 is 0 Å². The Labute approximate surface area is 190 Å². The molecule has 162 valence electrons. The summed E-state index contributed by atoms with van der Waals surface area (Å²) in [6.07, 6.45) is 0. The number of rotatable bonds is 2. The van der Waals surface area contributed by atoms with Gasteiger partial charge in [0.1, 0.15) is 0 Å². The van der Waals surface area contributed by atoms with Crippen molar-refractivity contribution in [3.8, 4) is 0 Å². The Morgan fingerprint density at radius 2 is 0.625 bits per heavy atom. The smallest absolute Gasteiger partial charge is 0.0491 e. The van der Waals surface area contributed by atoms with Crippen LogP contribution in [0.2, 0.25) is 0 Å². The van der Waals surface area contributed by atoms with E-state index in [1.54, 1.807) is 0 Å². The highest BCUT2D eigenvalue weighted by Crippen LogP contribution is 2.29. The predicted molar refractivity (Wildman–Crippen MR) is 142 cm³/mol. The van der Waals surface area contributed by atoms with E-state index < -0.39 is 0 Å². The number of hydrogen-bond donors (Lipinski definition) is 0. The summed E-state index contributed by atoms with van der Waals surface area (Å²) in [4.78, 5) is 0. The van der Waals surface area contributed by atoms with Gasteiger partial charge in [0.05, 0.1) is 0 Å². The number of hydrogen-bond acceptors (Lipinski definition) is 0. The van der Waals surface area contributed by atoms with Crippen molar-refractivity contribution in [3.05, 3.63) is 97.1 Å². The lowest BCUT2D eigenvalue weighted by molar-refractivity contribution is 0.827. The maximum Gasteiger partial charge on any atom is 0.0491 e. The van der Waals surface area contributed by atoms with Crippen LogP contribution in [0, 0.1) is 0 Å². The molecule has 0 unspecified atom stereocenters. The van der Waals surface area contributed by atoms with Gasteiger partial charge in [0.2, 0.25) is 0 Å². The zero-order chi connectivity index (χ0) is 22.5. The van der Waals surface area contributed by atoms with E-state index >= 15 is 0 Å². The molecule has 4 aromatic carbocycles. The molecule has 0 atom stereocenters. The number of nitrogens with zero attached hydrogens (tertiary/aromatic N) is 2. The summed E-state index contributed by atoms with van der Waals surface area (Å²) < 4.78 is 4.73. The van der Waals surface area contributed by atoms with E-state index in [1.165, 1.54) is 43.6 Å². The average Bonchev–Trinajstić information content (AvgIpc) is 3.38. The molecule has 0 amide bonds. The van der Waals surface area contributed by atoms with Crippen LogP contribution in [-0.2, 0) is 13.1 Å². The van der Waals surface area contributed by atoms with Crippen LogP contribution < -0.4 is 0 Å². The molecular formula is C30H32N2. The third kappa shape index (κ3) is 3.67. The number of aryl methyl sites for hydroxylation is 2. The summed E-state index contributed by atoms with van der Waals surface area (Å²) in [7, 11) is 0. The molecular weight excluding hydrogens is 388 g/mol. The minimum absolute atomic E-state index is 1.02. The summed E-state index contributed by atoms with van der Waals surface area (Å²) in [5, 5.41) is 5.43. The number of fused-ring (bicyclic) bond motifs is 6. The maximum absolute atomic E-state index is 2.37. The van der Waals surface area contributed by atoms with Gasteiger partial charge in [0.25, 0.3) is 0 Å². The molecule has 0 spiro atoms. The van der Waals surface area contributed by atoms with E-state index in [0.29, 0.717) is 0 Å².